The van der Waals surface area contributed by atoms with E-state index in [1.165, 1.54) is 0 Å². The van der Waals surface area contributed by atoms with Gasteiger partial charge in [0.1, 0.15) is 11.8 Å². The van der Waals surface area contributed by atoms with Crippen LogP contribution in [0.25, 0.3) is 11.2 Å². The molecule has 7 heteroatoms. The Morgan fingerprint density at radius 3 is 2.64 bits per heavy atom. The van der Waals surface area contributed by atoms with Crippen molar-refractivity contribution in [3.63, 3.8) is 0 Å². The summed E-state index contributed by atoms with van der Waals surface area (Å²) in [5.74, 6) is 0.182. The van der Waals surface area contributed by atoms with Gasteiger partial charge in [0.25, 0.3) is 0 Å². The van der Waals surface area contributed by atoms with Crippen molar-refractivity contribution in [2.75, 3.05) is 17.7 Å². The molecule has 0 bridgehead atoms. The number of carbonyl (C=O) groups is 1. The molecule has 0 aliphatic heterocycles. The third-order valence-electron chi connectivity index (χ3n) is 3.24. The summed E-state index contributed by atoms with van der Waals surface area (Å²) in [5, 5.41) is 0. The number of carbonyl (C=O) groups excluding carboxylic acids is 1. The summed E-state index contributed by atoms with van der Waals surface area (Å²) < 4.78 is 0. The summed E-state index contributed by atoms with van der Waals surface area (Å²) in [7, 11) is 1.95. The van der Waals surface area contributed by atoms with E-state index >= 15 is 0 Å². The van der Waals surface area contributed by atoms with Crippen LogP contribution >= 0.6 is 0 Å². The fourth-order valence-corrected chi connectivity index (χ4v) is 2.09. The van der Waals surface area contributed by atoms with Gasteiger partial charge >= 0.3 is 0 Å². The Morgan fingerprint density at radius 1 is 1.14 bits per heavy atom. The van der Waals surface area contributed by atoms with Crippen LogP contribution in [0.4, 0.5) is 11.6 Å². The van der Waals surface area contributed by atoms with Crippen LogP contribution in [0.5, 0.6) is 0 Å². The van der Waals surface area contributed by atoms with E-state index in [-0.39, 0.29) is 5.95 Å². The van der Waals surface area contributed by atoms with Gasteiger partial charge in [-0.25, -0.2) is 15.0 Å². The summed E-state index contributed by atoms with van der Waals surface area (Å²) >= 11 is 0. The lowest BCUT2D eigenvalue weighted by Crippen LogP contribution is -2.17. The van der Waals surface area contributed by atoms with E-state index < -0.39 is 0 Å². The molecule has 7 nitrogen and oxygen atoms in total. The molecule has 3 rings (SSSR count). The number of hydrogen-bond donors (Lipinski definition) is 1. The van der Waals surface area contributed by atoms with Gasteiger partial charge in [-0.2, -0.15) is 4.98 Å². The molecular weight excluding hydrogens is 280 g/mol. The number of nitrogens with zero attached hydrogens (tertiary/aromatic N) is 5. The van der Waals surface area contributed by atoms with Gasteiger partial charge in [-0.3, -0.25) is 4.79 Å². The Balaban J connectivity index is 1.82. The van der Waals surface area contributed by atoms with Crippen molar-refractivity contribution in [1.29, 1.82) is 0 Å². The molecule has 0 atom stereocenters. The Bertz CT molecular complexity index is 818. The highest BCUT2D eigenvalue weighted by Crippen LogP contribution is 2.16. The number of anilines is 2. The summed E-state index contributed by atoms with van der Waals surface area (Å²) in [6.45, 7) is 0.577. The molecule has 22 heavy (non-hydrogen) atoms. The third-order valence-corrected chi connectivity index (χ3v) is 3.24. The summed E-state index contributed by atoms with van der Waals surface area (Å²) in [4.78, 5) is 29.4. The molecular formula is C15H14N6O. The Labute approximate surface area is 126 Å². The molecule has 0 radical (unpaired) electrons. The second-order valence-corrected chi connectivity index (χ2v) is 4.86. The normalized spacial score (nSPS) is 10.6. The maximum atomic E-state index is 10.7. The molecule has 0 aliphatic rings. The van der Waals surface area contributed by atoms with Gasteiger partial charge in [-0.1, -0.05) is 0 Å². The van der Waals surface area contributed by atoms with Crippen LogP contribution in [0.15, 0.2) is 36.7 Å². The van der Waals surface area contributed by atoms with E-state index in [4.69, 9.17) is 5.73 Å². The van der Waals surface area contributed by atoms with Crippen LogP contribution < -0.4 is 10.6 Å². The van der Waals surface area contributed by atoms with E-state index in [1.54, 1.807) is 24.5 Å². The number of aromatic nitrogens is 4. The SMILES string of the molecule is CN(Cc1cnc2nc(N)ncc2n1)c1ccc(C=O)cc1. The van der Waals surface area contributed by atoms with Crippen LogP contribution in [0.2, 0.25) is 0 Å². The highest BCUT2D eigenvalue weighted by atomic mass is 16.1. The second kappa shape index (κ2) is 5.72. The minimum absolute atomic E-state index is 0.182. The first-order chi connectivity index (χ1) is 10.7. The zero-order valence-corrected chi connectivity index (χ0v) is 12.0. The predicted molar refractivity (Wildman–Crippen MR) is 83.5 cm³/mol. The van der Waals surface area contributed by atoms with Crippen molar-refractivity contribution >= 4 is 29.1 Å². The van der Waals surface area contributed by atoms with Gasteiger partial charge in [-0.05, 0) is 24.3 Å². The topological polar surface area (TPSA) is 97.9 Å². The summed E-state index contributed by atoms with van der Waals surface area (Å²) in [6, 6.07) is 7.34. The molecule has 0 saturated heterocycles. The number of benzene rings is 1. The molecule has 0 spiro atoms. The lowest BCUT2D eigenvalue weighted by atomic mass is 10.2. The van der Waals surface area contributed by atoms with E-state index in [0.29, 0.717) is 23.3 Å². The number of rotatable bonds is 4. The molecule has 1 aromatic carbocycles. The molecule has 0 saturated carbocycles. The largest absolute Gasteiger partial charge is 0.369 e. The molecule has 0 fully saturated rings. The number of fused-ring (bicyclic) bond motifs is 1. The Hall–Kier alpha value is -3.09. The van der Waals surface area contributed by atoms with E-state index in [9.17, 15) is 4.79 Å². The van der Waals surface area contributed by atoms with Gasteiger partial charge in [0.15, 0.2) is 5.65 Å². The third kappa shape index (κ3) is 2.83. The van der Waals surface area contributed by atoms with Gasteiger partial charge in [0.2, 0.25) is 5.95 Å². The van der Waals surface area contributed by atoms with E-state index in [1.807, 2.05) is 24.1 Å². The minimum Gasteiger partial charge on any atom is -0.369 e. The molecule has 0 aliphatic carbocycles. The van der Waals surface area contributed by atoms with Crippen LogP contribution in [0, 0.1) is 0 Å². The average Bonchev–Trinajstić information content (AvgIpc) is 2.55. The highest BCUT2D eigenvalue weighted by Gasteiger charge is 2.06. The monoisotopic (exact) mass is 294 g/mol. The Kier molecular flexibility index (Phi) is 3.61. The number of nitrogen functional groups attached to an aromatic ring is 1. The van der Waals surface area contributed by atoms with Crippen molar-refractivity contribution in [1.82, 2.24) is 19.9 Å². The summed E-state index contributed by atoms with van der Waals surface area (Å²) in [6.07, 6.45) is 4.06. The first-order valence-corrected chi connectivity index (χ1v) is 6.66. The standard InChI is InChI=1S/C15H14N6O/c1-21(12-4-2-10(9-22)3-5-12)8-11-6-17-14-13(19-11)7-18-15(16)20-14/h2-7,9H,8H2,1H3,(H2,16,17,18,20). The number of hydrogen-bond acceptors (Lipinski definition) is 7. The molecule has 110 valence electrons. The molecule has 3 aromatic rings. The molecule has 0 amide bonds. The molecule has 2 heterocycles. The Morgan fingerprint density at radius 2 is 1.91 bits per heavy atom. The predicted octanol–water partition coefficient (Wildman–Crippen LogP) is 1.45. The van der Waals surface area contributed by atoms with Crippen LogP contribution in [0.3, 0.4) is 0 Å². The zero-order chi connectivity index (χ0) is 15.5. The fourth-order valence-electron chi connectivity index (χ4n) is 2.09. The first kappa shape index (κ1) is 13.9. The van der Waals surface area contributed by atoms with Crippen molar-refractivity contribution in [2.24, 2.45) is 0 Å². The molecule has 0 unspecified atom stereocenters. The van der Waals surface area contributed by atoms with Crippen LogP contribution in [0.1, 0.15) is 16.1 Å². The maximum Gasteiger partial charge on any atom is 0.222 e. The smallest absolute Gasteiger partial charge is 0.222 e. The van der Waals surface area contributed by atoms with E-state index in [2.05, 4.69) is 19.9 Å². The van der Waals surface area contributed by atoms with Crippen molar-refractivity contribution in [3.05, 3.63) is 47.9 Å². The van der Waals surface area contributed by atoms with Crippen LogP contribution in [-0.2, 0) is 6.54 Å². The molecule has 2 N–H and O–H groups in total. The van der Waals surface area contributed by atoms with Crippen LogP contribution in [-0.4, -0.2) is 33.3 Å². The highest BCUT2D eigenvalue weighted by molar-refractivity contribution is 5.75. The van der Waals surface area contributed by atoms with Gasteiger partial charge < -0.3 is 10.6 Å². The van der Waals surface area contributed by atoms with Crippen molar-refractivity contribution in [3.8, 4) is 0 Å². The lowest BCUT2D eigenvalue weighted by Gasteiger charge is -2.18. The molecule has 2 aromatic heterocycles. The van der Waals surface area contributed by atoms with Gasteiger partial charge in [0.05, 0.1) is 24.6 Å². The minimum atomic E-state index is 0.182. The quantitative estimate of drug-likeness (QED) is 0.727. The maximum absolute atomic E-state index is 10.7. The summed E-state index contributed by atoms with van der Waals surface area (Å²) in [5.41, 5.74) is 9.04. The van der Waals surface area contributed by atoms with Gasteiger partial charge in [0, 0.05) is 18.3 Å². The van der Waals surface area contributed by atoms with Crippen molar-refractivity contribution < 1.29 is 4.79 Å². The number of nitrogens with two attached hydrogens (primary N) is 1. The number of aldehydes is 1. The van der Waals surface area contributed by atoms with Crippen molar-refractivity contribution in [2.45, 2.75) is 6.54 Å². The second-order valence-electron chi connectivity index (χ2n) is 4.86. The zero-order valence-electron chi connectivity index (χ0n) is 12.0. The fraction of sp³-hybridized carbons (Fsp3) is 0.133. The lowest BCUT2D eigenvalue weighted by molar-refractivity contribution is 0.112. The van der Waals surface area contributed by atoms with E-state index in [0.717, 1.165) is 17.7 Å². The van der Waals surface area contributed by atoms with Gasteiger partial charge in [-0.15, -0.1) is 0 Å². The first-order valence-electron chi connectivity index (χ1n) is 6.66. The average molecular weight is 294 g/mol.